The van der Waals surface area contributed by atoms with Gasteiger partial charge in [-0.3, -0.25) is 0 Å². The van der Waals surface area contributed by atoms with E-state index in [1.54, 1.807) is 0 Å². The number of nitrogens with one attached hydrogen (secondary N) is 10. The maximum atomic E-state index is 5.38. The molecule has 0 saturated heterocycles. The van der Waals surface area contributed by atoms with Crippen LogP contribution in [-0.2, 0) is 0 Å². The third kappa shape index (κ3) is 92.5. The van der Waals surface area contributed by atoms with Crippen LogP contribution in [0.25, 0.3) is 0 Å². The van der Waals surface area contributed by atoms with E-state index in [9.17, 15) is 0 Å². The molecule has 0 saturated carbocycles. The Labute approximate surface area is 370 Å². The summed E-state index contributed by atoms with van der Waals surface area (Å²) in [5.74, 6) is 0. The first-order valence-corrected chi connectivity index (χ1v) is 23.7. The second-order valence-electron chi connectivity index (χ2n) is 13.9. The van der Waals surface area contributed by atoms with E-state index in [0.29, 0.717) is 13.1 Å². The Balaban J connectivity index is -0.000000211. The van der Waals surface area contributed by atoms with Gasteiger partial charge in [0.05, 0.1) is 0 Å². The quantitative estimate of drug-likeness (QED) is 0.0254. The van der Waals surface area contributed by atoms with E-state index in [1.807, 2.05) is 0 Å². The molecule has 0 aromatic carbocycles. The molecular formula is C40H110N20. The smallest absolute Gasteiger partial charge is 0.00772 e. The first-order valence-electron chi connectivity index (χ1n) is 23.7. The van der Waals surface area contributed by atoms with Crippen molar-refractivity contribution in [2.24, 2.45) is 57.3 Å². The number of hydrogen-bond acceptors (Lipinski definition) is 20. The Morgan fingerprint density at radius 3 is 0.483 bits per heavy atom. The van der Waals surface area contributed by atoms with Crippen molar-refractivity contribution < 1.29 is 0 Å². The summed E-state index contributed by atoms with van der Waals surface area (Å²) < 4.78 is 0. The monoisotopic (exact) mass is 871 g/mol. The van der Waals surface area contributed by atoms with Gasteiger partial charge in [-0.15, -0.1) is 0 Å². The van der Waals surface area contributed by atoms with E-state index in [4.69, 9.17) is 57.3 Å². The molecule has 0 aliphatic heterocycles. The van der Waals surface area contributed by atoms with Gasteiger partial charge in [-0.2, -0.15) is 0 Å². The standard InChI is InChI=1S/C10H26N4.C9H24N4.C8H22N4.C7H20N4.C6H18N4/c11-5-3-9-13-7-1-2-8-14-10-4-6-12;10-4-1-6-12-8-3-9-13-7-2-5-11;9-3-1-5-11-7-8-12-6-2-4-10;8-2-6-10-4-1-5-11-7-3-9;7-1-3-9-5-6-10-4-2-8/h13-14H,1-12H2;12-13H,1-11H2;11-12H,1-10H2;10-11H,1-9H2;9-10H,1-8H2. The van der Waals surface area contributed by atoms with Crippen molar-refractivity contribution in [3.8, 4) is 0 Å². The molecule has 0 fully saturated rings. The molecule has 0 heterocycles. The molecule has 370 valence electrons. The Morgan fingerprint density at radius 1 is 0.133 bits per heavy atom. The third-order valence-corrected chi connectivity index (χ3v) is 7.96. The van der Waals surface area contributed by atoms with Crippen molar-refractivity contribution in [1.29, 1.82) is 0 Å². The van der Waals surface area contributed by atoms with E-state index in [2.05, 4.69) is 53.2 Å². The molecule has 0 rings (SSSR count). The Bertz CT molecular complexity index is 571. The minimum atomic E-state index is 0.705. The molecular weight excluding hydrogens is 761 g/mol. The van der Waals surface area contributed by atoms with Crippen molar-refractivity contribution in [3.63, 3.8) is 0 Å². The average Bonchev–Trinajstić information content (AvgIpc) is 3.26. The van der Waals surface area contributed by atoms with E-state index in [0.717, 1.165) is 228 Å². The SMILES string of the molecule is NCCCNCCCCNCCCN.NCCCNCCCNCCCN.NCCCNCCNCCCN.NCCNCCCNCCN.NCCNCCNCCN. The van der Waals surface area contributed by atoms with Gasteiger partial charge in [0.1, 0.15) is 0 Å². The molecule has 0 aliphatic carbocycles. The van der Waals surface area contributed by atoms with Crippen LogP contribution >= 0.6 is 0 Å². The van der Waals surface area contributed by atoms with Crippen LogP contribution < -0.4 is 111 Å². The lowest BCUT2D eigenvalue weighted by atomic mass is 10.3. The highest BCUT2D eigenvalue weighted by molar-refractivity contribution is 4.56. The first kappa shape index (κ1) is 68.3. The maximum Gasteiger partial charge on any atom is 0.00772 e. The Hall–Kier alpha value is -0.800. The third-order valence-electron chi connectivity index (χ3n) is 7.96. The lowest BCUT2D eigenvalue weighted by molar-refractivity contribution is 0.570. The summed E-state index contributed by atoms with van der Waals surface area (Å²) in [6.07, 6.45) is 11.2. The molecule has 30 N–H and O–H groups in total. The zero-order valence-corrected chi connectivity index (χ0v) is 39.1. The second kappa shape index (κ2) is 78.7. The lowest BCUT2D eigenvalue weighted by Gasteiger charge is -2.04. The van der Waals surface area contributed by atoms with Gasteiger partial charge in [0.2, 0.25) is 0 Å². The zero-order chi connectivity index (χ0) is 45.4. The van der Waals surface area contributed by atoms with Crippen LogP contribution in [0.4, 0.5) is 0 Å². The van der Waals surface area contributed by atoms with Crippen molar-refractivity contribution in [3.05, 3.63) is 0 Å². The molecule has 0 aromatic rings. The number of unbranched alkanes of at least 4 members (excludes halogenated alkanes) is 1. The van der Waals surface area contributed by atoms with Crippen molar-refractivity contribution in [2.45, 2.75) is 64.2 Å². The van der Waals surface area contributed by atoms with Crippen molar-refractivity contribution >= 4 is 0 Å². The number of rotatable bonds is 45. The molecule has 0 aliphatic rings. The van der Waals surface area contributed by atoms with Crippen LogP contribution in [0.5, 0.6) is 0 Å². The Kier molecular flexibility index (Phi) is 89.5. The predicted molar refractivity (Wildman–Crippen MR) is 265 cm³/mol. The van der Waals surface area contributed by atoms with E-state index in [-0.39, 0.29) is 0 Å². The van der Waals surface area contributed by atoms with Gasteiger partial charge < -0.3 is 111 Å². The topological polar surface area (TPSA) is 380 Å². The van der Waals surface area contributed by atoms with Gasteiger partial charge in [0.15, 0.2) is 0 Å². The van der Waals surface area contributed by atoms with Gasteiger partial charge in [0.25, 0.3) is 0 Å². The van der Waals surface area contributed by atoms with Crippen LogP contribution in [0, 0.1) is 0 Å². The molecule has 0 bridgehead atoms. The molecule has 0 unspecified atom stereocenters. The molecule has 20 heteroatoms. The second-order valence-corrected chi connectivity index (χ2v) is 13.9. The van der Waals surface area contributed by atoms with E-state index in [1.165, 1.54) is 19.3 Å². The van der Waals surface area contributed by atoms with Crippen molar-refractivity contribution in [2.75, 3.05) is 196 Å². The maximum absolute atomic E-state index is 5.38. The fraction of sp³-hybridized carbons (Fsp3) is 1.00. The van der Waals surface area contributed by atoms with Gasteiger partial charge in [0, 0.05) is 78.5 Å². The highest BCUT2D eigenvalue weighted by atomic mass is 15.0. The van der Waals surface area contributed by atoms with Crippen LogP contribution in [0.1, 0.15) is 64.2 Å². The lowest BCUT2D eigenvalue weighted by Crippen LogP contribution is -2.32. The fourth-order valence-corrected chi connectivity index (χ4v) is 4.55. The minimum absolute atomic E-state index is 0.705. The van der Waals surface area contributed by atoms with E-state index < -0.39 is 0 Å². The summed E-state index contributed by atoms with van der Waals surface area (Å²) in [6, 6.07) is 0. The zero-order valence-electron chi connectivity index (χ0n) is 39.1. The first-order chi connectivity index (χ1) is 29.6. The largest absolute Gasteiger partial charge is 0.330 e. The average molecular weight is 871 g/mol. The van der Waals surface area contributed by atoms with Gasteiger partial charge in [-0.25, -0.2) is 0 Å². The number of hydrogen-bond donors (Lipinski definition) is 20. The summed E-state index contributed by atoms with van der Waals surface area (Å²) in [6.45, 7) is 27.8. The molecule has 60 heavy (non-hydrogen) atoms. The highest BCUT2D eigenvalue weighted by Gasteiger charge is 1.91. The molecule has 0 atom stereocenters. The summed E-state index contributed by atoms with van der Waals surface area (Å²) in [5, 5.41) is 32.7. The van der Waals surface area contributed by atoms with Crippen LogP contribution in [0.2, 0.25) is 0 Å². The van der Waals surface area contributed by atoms with Gasteiger partial charge >= 0.3 is 0 Å². The summed E-state index contributed by atoms with van der Waals surface area (Å²) in [5.41, 5.74) is 53.3. The van der Waals surface area contributed by atoms with Crippen LogP contribution in [-0.4, -0.2) is 196 Å². The summed E-state index contributed by atoms with van der Waals surface area (Å²) >= 11 is 0. The van der Waals surface area contributed by atoms with Crippen molar-refractivity contribution in [1.82, 2.24) is 53.2 Å². The summed E-state index contributed by atoms with van der Waals surface area (Å²) in [7, 11) is 0. The van der Waals surface area contributed by atoms with Gasteiger partial charge in [-0.1, -0.05) is 0 Å². The predicted octanol–water partition coefficient (Wildman–Crippen LogP) is -5.68. The van der Waals surface area contributed by atoms with E-state index >= 15 is 0 Å². The molecule has 20 nitrogen and oxygen atoms in total. The van der Waals surface area contributed by atoms with Crippen LogP contribution in [0.3, 0.4) is 0 Å². The fourth-order valence-electron chi connectivity index (χ4n) is 4.55. The normalized spacial score (nSPS) is 10.5. The summed E-state index contributed by atoms with van der Waals surface area (Å²) in [4.78, 5) is 0. The molecule has 0 aromatic heterocycles. The molecule has 0 radical (unpaired) electrons. The molecule has 0 spiro atoms. The van der Waals surface area contributed by atoms with Crippen LogP contribution in [0.15, 0.2) is 0 Å². The van der Waals surface area contributed by atoms with Gasteiger partial charge in [-0.05, 0) is 182 Å². The molecule has 0 amide bonds. The highest BCUT2D eigenvalue weighted by Crippen LogP contribution is 1.85. The number of nitrogens with two attached hydrogens (primary N) is 10. The Morgan fingerprint density at radius 2 is 0.283 bits per heavy atom. The minimum Gasteiger partial charge on any atom is -0.330 e.